The molecule has 82 valence electrons. The van der Waals surface area contributed by atoms with Crippen LogP contribution in [-0.4, -0.2) is 21.9 Å². The van der Waals surface area contributed by atoms with Gasteiger partial charge in [0, 0.05) is 11.7 Å². The molecule has 0 fully saturated rings. The van der Waals surface area contributed by atoms with Crippen molar-refractivity contribution in [1.29, 1.82) is 0 Å². The van der Waals surface area contributed by atoms with Gasteiger partial charge in [0.05, 0.1) is 6.42 Å². The zero-order valence-electron chi connectivity index (χ0n) is 9.42. The van der Waals surface area contributed by atoms with Crippen LogP contribution in [0.2, 0.25) is 0 Å². The summed E-state index contributed by atoms with van der Waals surface area (Å²) in [5, 5.41) is 0.0613. The number of esters is 1. The highest BCUT2D eigenvalue weighted by Gasteiger charge is 2.19. The van der Waals surface area contributed by atoms with E-state index in [9.17, 15) is 9.59 Å². The second-order valence-electron chi connectivity index (χ2n) is 4.21. The van der Waals surface area contributed by atoms with Crippen molar-refractivity contribution in [3.63, 3.8) is 0 Å². The molecule has 0 aliphatic carbocycles. The van der Waals surface area contributed by atoms with Crippen LogP contribution >= 0.6 is 11.8 Å². The average molecular weight is 218 g/mol. The summed E-state index contributed by atoms with van der Waals surface area (Å²) in [7, 11) is 0. The standard InChI is InChI=1S/C10H18O3S/c1-7(13-8(2)11)6-9(12)14-10(3,4)5/h7H,6H2,1-5H3. The number of hydrogen-bond donors (Lipinski definition) is 0. The van der Waals surface area contributed by atoms with Crippen LogP contribution in [0.15, 0.2) is 0 Å². The summed E-state index contributed by atoms with van der Waals surface area (Å²) in [6, 6.07) is 0. The van der Waals surface area contributed by atoms with Crippen LogP contribution in [0.3, 0.4) is 0 Å². The predicted molar refractivity (Wildman–Crippen MR) is 58.2 cm³/mol. The van der Waals surface area contributed by atoms with Crippen LogP contribution in [0.25, 0.3) is 0 Å². The van der Waals surface area contributed by atoms with E-state index in [0.29, 0.717) is 0 Å². The Morgan fingerprint density at radius 2 is 1.86 bits per heavy atom. The molecular formula is C10H18O3S. The number of ether oxygens (including phenoxy) is 1. The Hall–Kier alpha value is -0.510. The normalized spacial score (nSPS) is 13.5. The summed E-state index contributed by atoms with van der Waals surface area (Å²) < 4.78 is 4.79. The molecule has 4 heteroatoms. The molecule has 1 atom stereocenters. The van der Waals surface area contributed by atoms with Crippen LogP contribution in [0.1, 0.15) is 41.0 Å². The van der Waals surface area contributed by atoms with Gasteiger partial charge in [-0.25, -0.2) is 0 Å². The molecule has 0 aromatic heterocycles. The van der Waals surface area contributed by atoms with E-state index in [4.69, 9.17) is 4.74 Å². The molecule has 0 aliphatic rings. The first-order chi connectivity index (χ1) is 6.20. The second kappa shape index (κ2) is 5.39. The van der Waals surface area contributed by atoms with E-state index in [2.05, 4.69) is 0 Å². The third kappa shape index (κ3) is 8.10. The molecule has 0 aromatic carbocycles. The van der Waals surface area contributed by atoms with E-state index in [1.165, 1.54) is 18.7 Å². The number of carbonyl (C=O) groups is 2. The third-order valence-electron chi connectivity index (χ3n) is 1.24. The van der Waals surface area contributed by atoms with Gasteiger partial charge in [0.1, 0.15) is 6.10 Å². The molecule has 0 saturated carbocycles. The Kier molecular flexibility index (Phi) is 5.19. The van der Waals surface area contributed by atoms with Crippen molar-refractivity contribution in [3.8, 4) is 0 Å². The van der Waals surface area contributed by atoms with Gasteiger partial charge in [-0.2, -0.15) is 0 Å². The fourth-order valence-corrected chi connectivity index (χ4v) is 1.94. The lowest BCUT2D eigenvalue weighted by atomic mass is 10.3. The highest BCUT2D eigenvalue weighted by Crippen LogP contribution is 2.25. The monoisotopic (exact) mass is 218 g/mol. The van der Waals surface area contributed by atoms with Crippen LogP contribution in [0, 0.1) is 0 Å². The van der Waals surface area contributed by atoms with Crippen molar-refractivity contribution in [2.24, 2.45) is 0 Å². The number of thioether (sulfide) groups is 1. The molecule has 0 bridgehead atoms. The maximum atomic E-state index is 11.4. The minimum absolute atomic E-state index is 0.0613. The van der Waals surface area contributed by atoms with Gasteiger partial charge < -0.3 is 4.74 Å². The summed E-state index contributed by atoms with van der Waals surface area (Å²) in [5.41, 5.74) is 0. The first-order valence-electron chi connectivity index (χ1n) is 4.60. The molecule has 14 heavy (non-hydrogen) atoms. The fourth-order valence-electron chi connectivity index (χ4n) is 0.943. The summed E-state index contributed by atoms with van der Waals surface area (Å²) in [6.45, 7) is 9.00. The summed E-state index contributed by atoms with van der Waals surface area (Å²) in [4.78, 5) is 22.0. The van der Waals surface area contributed by atoms with Gasteiger partial charge in [0.2, 0.25) is 0 Å². The lowest BCUT2D eigenvalue weighted by molar-refractivity contribution is -0.146. The molecule has 3 nitrogen and oxygen atoms in total. The lowest BCUT2D eigenvalue weighted by Gasteiger charge is -2.17. The van der Waals surface area contributed by atoms with E-state index in [1.807, 2.05) is 20.8 Å². The number of rotatable bonds is 3. The summed E-state index contributed by atoms with van der Waals surface area (Å²) in [6.07, 6.45) is -0.0449. The van der Waals surface area contributed by atoms with Crippen molar-refractivity contribution in [2.45, 2.75) is 51.9 Å². The van der Waals surface area contributed by atoms with Gasteiger partial charge in [-0.05, 0) is 6.92 Å². The van der Waals surface area contributed by atoms with Gasteiger partial charge in [0.25, 0.3) is 0 Å². The average Bonchev–Trinajstić information content (AvgIpc) is 1.77. The van der Waals surface area contributed by atoms with E-state index < -0.39 is 0 Å². The van der Waals surface area contributed by atoms with Gasteiger partial charge >= 0.3 is 5.97 Å². The van der Waals surface area contributed by atoms with E-state index >= 15 is 0 Å². The molecule has 0 spiro atoms. The van der Waals surface area contributed by atoms with Crippen LogP contribution in [0.4, 0.5) is 0 Å². The Labute approximate surface area is 89.6 Å². The highest BCUT2D eigenvalue weighted by molar-refractivity contribution is 8.14. The molecule has 0 aliphatic heterocycles. The molecule has 0 N–H and O–H groups in total. The molecule has 0 amide bonds. The van der Waals surface area contributed by atoms with Gasteiger partial charge in [0.15, 0.2) is 5.12 Å². The van der Waals surface area contributed by atoms with Crippen LogP contribution in [-0.2, 0) is 14.3 Å². The third-order valence-corrected chi connectivity index (χ3v) is 2.25. The van der Waals surface area contributed by atoms with Gasteiger partial charge in [-0.3, -0.25) is 9.59 Å². The maximum Gasteiger partial charge on any atom is 0.302 e. The zero-order chi connectivity index (χ0) is 11.4. The SMILES string of the molecule is CC(=O)OC(C)CC(=O)SC(C)(C)C. The maximum absolute atomic E-state index is 11.4. The Morgan fingerprint density at radius 1 is 1.36 bits per heavy atom. The van der Waals surface area contributed by atoms with Crippen molar-refractivity contribution in [1.82, 2.24) is 0 Å². The topological polar surface area (TPSA) is 43.4 Å². The molecule has 0 rings (SSSR count). The highest BCUT2D eigenvalue weighted by atomic mass is 32.2. The van der Waals surface area contributed by atoms with E-state index in [-0.39, 0.29) is 28.4 Å². The molecule has 0 aromatic rings. The first kappa shape index (κ1) is 13.5. The van der Waals surface area contributed by atoms with Gasteiger partial charge in [-0.1, -0.05) is 32.5 Å². The second-order valence-corrected chi connectivity index (χ2v) is 6.09. The minimum atomic E-state index is -0.342. The Bertz CT molecular complexity index is 218. The quantitative estimate of drug-likeness (QED) is 0.682. The van der Waals surface area contributed by atoms with Crippen LogP contribution in [0.5, 0.6) is 0 Å². The first-order valence-corrected chi connectivity index (χ1v) is 5.41. The van der Waals surface area contributed by atoms with E-state index in [1.54, 1.807) is 6.92 Å². The summed E-state index contributed by atoms with van der Waals surface area (Å²) in [5.74, 6) is -0.342. The van der Waals surface area contributed by atoms with Crippen molar-refractivity contribution in [2.75, 3.05) is 0 Å². The largest absolute Gasteiger partial charge is 0.462 e. The zero-order valence-corrected chi connectivity index (χ0v) is 10.2. The fraction of sp³-hybridized carbons (Fsp3) is 0.800. The minimum Gasteiger partial charge on any atom is -0.462 e. The molecule has 0 saturated heterocycles. The van der Waals surface area contributed by atoms with Crippen molar-refractivity contribution >= 4 is 22.8 Å². The Balaban J connectivity index is 3.89. The molecule has 0 heterocycles. The molecule has 1 unspecified atom stereocenters. The molecular weight excluding hydrogens is 200 g/mol. The lowest BCUT2D eigenvalue weighted by Crippen LogP contribution is -2.18. The van der Waals surface area contributed by atoms with Crippen LogP contribution < -0.4 is 0 Å². The smallest absolute Gasteiger partial charge is 0.302 e. The van der Waals surface area contributed by atoms with Gasteiger partial charge in [-0.15, -0.1) is 0 Å². The van der Waals surface area contributed by atoms with E-state index in [0.717, 1.165) is 0 Å². The van der Waals surface area contributed by atoms with Crippen molar-refractivity contribution < 1.29 is 14.3 Å². The van der Waals surface area contributed by atoms with Crippen molar-refractivity contribution in [3.05, 3.63) is 0 Å². The summed E-state index contributed by atoms with van der Waals surface area (Å²) >= 11 is 1.28. The number of hydrogen-bond acceptors (Lipinski definition) is 4. The Morgan fingerprint density at radius 3 is 2.21 bits per heavy atom. The predicted octanol–water partition coefficient (Wildman–Crippen LogP) is 2.39. The molecule has 0 radical (unpaired) electrons. The number of carbonyl (C=O) groups excluding carboxylic acids is 2.